The quantitative estimate of drug-likeness (QED) is 0.161. The van der Waals surface area contributed by atoms with E-state index >= 15 is 0 Å². The van der Waals surface area contributed by atoms with E-state index in [9.17, 15) is 0 Å². The lowest BCUT2D eigenvalue weighted by atomic mass is 9.61. The summed E-state index contributed by atoms with van der Waals surface area (Å²) in [5.41, 5.74) is 25.7. The molecule has 12 aromatic carbocycles. The van der Waals surface area contributed by atoms with Gasteiger partial charge in [-0.15, -0.1) is 0 Å². The van der Waals surface area contributed by atoms with E-state index in [-0.39, 0.29) is 0 Å². The number of para-hydroxylation sites is 2. The van der Waals surface area contributed by atoms with Crippen LogP contribution < -0.4 is 4.90 Å². The molecule has 13 aromatic rings. The Kier molecular flexibility index (Phi) is 9.20. The van der Waals surface area contributed by atoms with Crippen LogP contribution in [0.3, 0.4) is 0 Å². The first kappa shape index (κ1) is 42.7. The maximum Gasteiger partial charge on any atom is 0.0742 e. The molecule has 2 nitrogen and oxygen atoms in total. The van der Waals surface area contributed by atoms with E-state index in [1.165, 1.54) is 117 Å². The molecule has 0 fully saturated rings. The summed E-state index contributed by atoms with van der Waals surface area (Å²) in [7, 11) is 0. The smallest absolute Gasteiger partial charge is 0.0742 e. The fraction of sp³-hybridized carbons (Fsp3) is 0.0270. The third-order valence-corrected chi connectivity index (χ3v) is 17.1. The average molecular weight is 965 g/mol. The van der Waals surface area contributed by atoms with Crippen molar-refractivity contribution in [2.45, 2.75) is 10.8 Å². The van der Waals surface area contributed by atoms with Crippen LogP contribution in [0.4, 0.5) is 17.1 Å². The van der Waals surface area contributed by atoms with E-state index in [1.807, 2.05) is 0 Å². The molecule has 0 radical (unpaired) electrons. The summed E-state index contributed by atoms with van der Waals surface area (Å²) in [6.07, 6.45) is 0. The Hall–Kier alpha value is -9.76. The third-order valence-electron chi connectivity index (χ3n) is 17.1. The second-order valence-corrected chi connectivity index (χ2v) is 20.7. The SMILES string of the molecule is c1ccc(-c2ccc3c(c2)C(c2ccccc2)(c2ccccc2)c2cc(-c4ccccc4)ccc2N3c2ccc3c(c2)C2(c4ccccc4-c4ccccc42)c2cccc(-n4c5ccccc5c5ccccc54)c2-3)cc1. The molecule has 1 aromatic heterocycles. The number of benzene rings is 12. The predicted octanol–water partition coefficient (Wildman–Crippen LogP) is 18.6. The molecular formula is C74H48N2. The Morgan fingerprint density at radius 2 is 0.711 bits per heavy atom. The standard InChI is InChI=1S/C74H48N2/c1-5-22-49(23-6-1)51-40-44-69-65(46-51)73(53-26-9-3-10-27-53,54-28-11-4-12-29-54)66-47-52(50-24-7-2-8-25-50)41-45-70(66)75(69)55-42-43-60-64(48-55)74(61-34-17-13-30-56(61)57-31-14-18-35-62(57)74)63-36-21-39-71(72(60)63)76-67-37-19-15-32-58(67)59-33-16-20-38-68(59)76/h1-48H. The summed E-state index contributed by atoms with van der Waals surface area (Å²) in [4.78, 5) is 2.58. The van der Waals surface area contributed by atoms with E-state index < -0.39 is 10.8 Å². The molecule has 16 rings (SSSR count). The molecule has 0 bridgehead atoms. The summed E-state index contributed by atoms with van der Waals surface area (Å²) in [5, 5.41) is 2.51. The van der Waals surface area contributed by atoms with Crippen LogP contribution in [0.2, 0.25) is 0 Å². The van der Waals surface area contributed by atoms with Crippen LogP contribution >= 0.6 is 0 Å². The minimum absolute atomic E-state index is 0.601. The Balaban J connectivity index is 1.02. The normalized spacial score (nSPS) is 14.0. The minimum Gasteiger partial charge on any atom is -0.310 e. The minimum atomic E-state index is -0.700. The van der Waals surface area contributed by atoms with Gasteiger partial charge in [0.25, 0.3) is 0 Å². The number of hydrogen-bond donors (Lipinski definition) is 0. The largest absolute Gasteiger partial charge is 0.310 e. The zero-order chi connectivity index (χ0) is 50.0. The lowest BCUT2D eigenvalue weighted by Gasteiger charge is -2.47. The summed E-state index contributed by atoms with van der Waals surface area (Å²) >= 11 is 0. The third kappa shape index (κ3) is 5.76. The summed E-state index contributed by atoms with van der Waals surface area (Å²) in [6.45, 7) is 0. The van der Waals surface area contributed by atoms with Crippen molar-refractivity contribution in [3.05, 3.63) is 336 Å². The molecule has 0 saturated carbocycles. The molecule has 0 atom stereocenters. The van der Waals surface area contributed by atoms with Gasteiger partial charge in [0.2, 0.25) is 0 Å². The van der Waals surface area contributed by atoms with Crippen molar-refractivity contribution < 1.29 is 0 Å². The monoisotopic (exact) mass is 964 g/mol. The van der Waals surface area contributed by atoms with Crippen LogP contribution in [-0.2, 0) is 10.8 Å². The van der Waals surface area contributed by atoms with E-state index in [0.29, 0.717) is 0 Å². The highest BCUT2D eigenvalue weighted by Gasteiger charge is 2.53. The Bertz CT molecular complexity index is 4220. The molecule has 2 aliphatic carbocycles. The number of fused-ring (bicyclic) bond motifs is 15. The van der Waals surface area contributed by atoms with Gasteiger partial charge in [-0.2, -0.15) is 0 Å². The fourth-order valence-corrected chi connectivity index (χ4v) is 14.1. The molecule has 0 unspecified atom stereocenters. The number of nitrogens with zero attached hydrogens (tertiary/aromatic N) is 2. The van der Waals surface area contributed by atoms with Crippen molar-refractivity contribution in [2.75, 3.05) is 4.90 Å². The van der Waals surface area contributed by atoms with Crippen molar-refractivity contribution in [1.82, 2.24) is 4.57 Å². The van der Waals surface area contributed by atoms with Crippen molar-refractivity contribution in [3.63, 3.8) is 0 Å². The average Bonchev–Trinajstić information content (AvgIpc) is 4.15. The molecule has 1 spiro atoms. The molecule has 1 aliphatic heterocycles. The summed E-state index contributed by atoms with van der Waals surface area (Å²) in [5.74, 6) is 0. The summed E-state index contributed by atoms with van der Waals surface area (Å²) in [6, 6.07) is 109. The maximum atomic E-state index is 2.58. The molecular weight excluding hydrogens is 917 g/mol. The molecule has 0 saturated heterocycles. The Morgan fingerprint density at radius 1 is 0.250 bits per heavy atom. The van der Waals surface area contributed by atoms with Crippen LogP contribution in [0.25, 0.3) is 72.0 Å². The zero-order valence-electron chi connectivity index (χ0n) is 41.6. The molecule has 2 heterocycles. The molecule has 2 heteroatoms. The molecule has 3 aliphatic rings. The highest BCUT2D eigenvalue weighted by Crippen LogP contribution is 2.66. The fourth-order valence-electron chi connectivity index (χ4n) is 14.1. The van der Waals surface area contributed by atoms with Crippen molar-refractivity contribution >= 4 is 38.9 Å². The van der Waals surface area contributed by atoms with Crippen LogP contribution in [0, 0.1) is 0 Å². The van der Waals surface area contributed by atoms with E-state index in [1.54, 1.807) is 0 Å². The lowest BCUT2D eigenvalue weighted by Crippen LogP contribution is -2.38. The van der Waals surface area contributed by atoms with Crippen molar-refractivity contribution in [3.8, 4) is 50.2 Å². The second-order valence-electron chi connectivity index (χ2n) is 20.7. The van der Waals surface area contributed by atoms with Crippen LogP contribution in [-0.4, -0.2) is 4.57 Å². The van der Waals surface area contributed by atoms with Gasteiger partial charge in [0.15, 0.2) is 0 Å². The van der Waals surface area contributed by atoms with Gasteiger partial charge in [-0.25, -0.2) is 0 Å². The van der Waals surface area contributed by atoms with E-state index in [4.69, 9.17) is 0 Å². The maximum absolute atomic E-state index is 2.58. The van der Waals surface area contributed by atoms with Gasteiger partial charge in [0.05, 0.1) is 38.9 Å². The van der Waals surface area contributed by atoms with E-state index in [0.717, 1.165) is 17.1 Å². The second kappa shape index (κ2) is 16.4. The molecule has 0 amide bonds. The number of anilines is 3. The van der Waals surface area contributed by atoms with Gasteiger partial charge >= 0.3 is 0 Å². The molecule has 354 valence electrons. The van der Waals surface area contributed by atoms with Gasteiger partial charge in [-0.1, -0.05) is 237 Å². The van der Waals surface area contributed by atoms with Gasteiger partial charge in [-0.05, 0) is 138 Å². The first-order valence-corrected chi connectivity index (χ1v) is 26.5. The van der Waals surface area contributed by atoms with Crippen molar-refractivity contribution in [1.29, 1.82) is 0 Å². The van der Waals surface area contributed by atoms with Crippen molar-refractivity contribution in [2.24, 2.45) is 0 Å². The number of hydrogen-bond acceptors (Lipinski definition) is 1. The van der Waals surface area contributed by atoms with Crippen LogP contribution in [0.1, 0.15) is 44.5 Å². The predicted molar refractivity (Wildman–Crippen MR) is 315 cm³/mol. The van der Waals surface area contributed by atoms with E-state index in [2.05, 4.69) is 301 Å². The molecule has 76 heavy (non-hydrogen) atoms. The Labute approximate surface area is 442 Å². The zero-order valence-corrected chi connectivity index (χ0v) is 41.6. The van der Waals surface area contributed by atoms with Gasteiger partial charge < -0.3 is 9.47 Å². The first-order chi connectivity index (χ1) is 37.7. The Morgan fingerprint density at radius 3 is 1.25 bits per heavy atom. The highest BCUT2D eigenvalue weighted by molar-refractivity contribution is 6.10. The highest BCUT2D eigenvalue weighted by atomic mass is 15.2. The van der Waals surface area contributed by atoms with Gasteiger partial charge in [-0.3, -0.25) is 0 Å². The lowest BCUT2D eigenvalue weighted by molar-refractivity contribution is 0.731. The summed E-state index contributed by atoms with van der Waals surface area (Å²) < 4.78 is 2.52. The first-order valence-electron chi connectivity index (χ1n) is 26.5. The number of aromatic nitrogens is 1. The molecule has 0 N–H and O–H groups in total. The van der Waals surface area contributed by atoms with Gasteiger partial charge in [0, 0.05) is 22.0 Å². The topological polar surface area (TPSA) is 8.17 Å². The van der Waals surface area contributed by atoms with Crippen LogP contribution in [0.15, 0.2) is 291 Å². The van der Waals surface area contributed by atoms with Crippen LogP contribution in [0.5, 0.6) is 0 Å². The number of rotatable bonds is 6. The van der Waals surface area contributed by atoms with Gasteiger partial charge in [0.1, 0.15) is 0 Å².